The average molecular weight is 384 g/mol. The van der Waals surface area contributed by atoms with E-state index in [4.69, 9.17) is 4.74 Å². The van der Waals surface area contributed by atoms with Gasteiger partial charge in [-0.05, 0) is 55.5 Å². The van der Waals surface area contributed by atoms with E-state index in [-0.39, 0.29) is 11.9 Å². The molecule has 5 heteroatoms. The summed E-state index contributed by atoms with van der Waals surface area (Å²) >= 11 is 1.65. The van der Waals surface area contributed by atoms with E-state index in [1.165, 1.54) is 0 Å². The van der Waals surface area contributed by atoms with Gasteiger partial charge < -0.3 is 4.74 Å². The molecule has 0 spiro atoms. The highest BCUT2D eigenvalue weighted by molar-refractivity contribution is 7.98. The van der Waals surface area contributed by atoms with Gasteiger partial charge >= 0.3 is 5.97 Å². The first-order valence-corrected chi connectivity index (χ1v) is 10.4. The Labute approximate surface area is 164 Å². The third-order valence-corrected chi connectivity index (χ3v) is 5.73. The van der Waals surface area contributed by atoms with E-state index in [0.717, 1.165) is 16.5 Å². The van der Waals surface area contributed by atoms with E-state index in [9.17, 15) is 9.59 Å². The molecule has 2 aromatic carbocycles. The number of cyclic esters (lactones) is 1. The van der Waals surface area contributed by atoms with E-state index >= 15 is 0 Å². The quantitative estimate of drug-likeness (QED) is 0.538. The fourth-order valence-corrected chi connectivity index (χ4v) is 4.49. The van der Waals surface area contributed by atoms with E-state index in [2.05, 4.69) is 6.58 Å². The van der Waals surface area contributed by atoms with Crippen LogP contribution in [0.5, 0.6) is 0 Å². The number of thioether (sulfide) groups is 1. The van der Waals surface area contributed by atoms with Crippen molar-refractivity contribution in [2.24, 2.45) is 0 Å². The molecule has 1 fully saturated rings. The lowest BCUT2D eigenvalue weighted by molar-refractivity contribution is -0.150. The van der Waals surface area contributed by atoms with Crippen molar-refractivity contribution in [3.05, 3.63) is 60.7 Å². The molecule has 0 saturated carbocycles. The van der Waals surface area contributed by atoms with Crippen molar-refractivity contribution < 1.29 is 14.3 Å². The summed E-state index contributed by atoms with van der Waals surface area (Å²) in [7, 11) is 0. The number of esters is 1. The Balaban J connectivity index is 2.15. The number of benzene rings is 2. The fourth-order valence-electron chi connectivity index (χ4n) is 3.95. The molecule has 1 amide bonds. The summed E-state index contributed by atoms with van der Waals surface area (Å²) in [5.41, 5.74) is -1.47. The molecule has 0 bridgehead atoms. The Morgan fingerprint density at radius 1 is 1.22 bits per heavy atom. The Hall–Kier alpha value is -2.27. The summed E-state index contributed by atoms with van der Waals surface area (Å²) < 4.78 is 5.69. The lowest BCUT2D eigenvalue weighted by Crippen LogP contribution is -2.56. The molecule has 1 heterocycles. The van der Waals surface area contributed by atoms with Crippen LogP contribution in [0.4, 0.5) is 0 Å². The fraction of sp³-hybridized carbons (Fsp3) is 0.364. The molecule has 2 aromatic rings. The highest BCUT2D eigenvalue weighted by Crippen LogP contribution is 2.43. The van der Waals surface area contributed by atoms with E-state index in [1.54, 1.807) is 36.6 Å². The van der Waals surface area contributed by atoms with Crippen LogP contribution in [0.1, 0.15) is 37.0 Å². The van der Waals surface area contributed by atoms with E-state index in [1.807, 2.05) is 48.7 Å². The predicted octanol–water partition coefficient (Wildman–Crippen LogP) is 4.64. The normalized spacial score (nSPS) is 21.3. The van der Waals surface area contributed by atoms with Gasteiger partial charge in [0.2, 0.25) is 0 Å². The smallest absolute Gasteiger partial charge is 0.334 e. The van der Waals surface area contributed by atoms with E-state index in [0.29, 0.717) is 18.4 Å². The van der Waals surface area contributed by atoms with Crippen molar-refractivity contribution in [3.8, 4) is 0 Å². The summed E-state index contributed by atoms with van der Waals surface area (Å²) in [6.07, 6.45) is 4.58. The van der Waals surface area contributed by atoms with Crippen molar-refractivity contribution in [2.75, 3.05) is 12.0 Å². The van der Waals surface area contributed by atoms with Gasteiger partial charge in [0.1, 0.15) is 5.54 Å². The zero-order valence-electron chi connectivity index (χ0n) is 16.0. The molecule has 142 valence electrons. The third-order valence-electron chi connectivity index (χ3n) is 5.11. The molecule has 1 aliphatic rings. The first kappa shape index (κ1) is 19.5. The third kappa shape index (κ3) is 3.25. The van der Waals surface area contributed by atoms with Crippen LogP contribution in [0.15, 0.2) is 55.1 Å². The first-order valence-electron chi connectivity index (χ1n) is 9.03. The van der Waals surface area contributed by atoms with Gasteiger partial charge in [0.05, 0.1) is 0 Å². The Morgan fingerprint density at radius 2 is 1.93 bits per heavy atom. The number of nitrogens with zero attached hydrogens (tertiary/aromatic N) is 1. The maximum atomic E-state index is 13.7. The number of fused-ring (bicyclic) bond motifs is 1. The highest BCUT2D eigenvalue weighted by atomic mass is 32.2. The molecule has 1 atom stereocenters. The second-order valence-corrected chi connectivity index (χ2v) is 8.26. The predicted molar refractivity (Wildman–Crippen MR) is 111 cm³/mol. The van der Waals surface area contributed by atoms with Gasteiger partial charge in [-0.3, -0.25) is 9.69 Å². The van der Waals surface area contributed by atoms with Crippen molar-refractivity contribution in [1.82, 2.24) is 4.90 Å². The van der Waals surface area contributed by atoms with Crippen molar-refractivity contribution in [2.45, 2.75) is 38.0 Å². The zero-order valence-corrected chi connectivity index (χ0v) is 16.8. The maximum Gasteiger partial charge on any atom is 0.334 e. The molecular formula is C22H25NO3S. The second-order valence-electron chi connectivity index (χ2n) is 7.27. The largest absolute Gasteiger partial charge is 0.438 e. The Bertz CT molecular complexity index is 887. The standard InChI is InChI=1S/C22H25NO3S/c1-5-13-22(14-15-27-4)20(25)26-21(2,3)23(22)19(24)18-12-8-10-16-9-6-7-11-17(16)18/h5-12H,1,13-15H2,2-4H3/t22-/m0/s1. The van der Waals surface area contributed by atoms with Crippen LogP contribution < -0.4 is 0 Å². The minimum absolute atomic E-state index is 0.189. The molecule has 0 unspecified atom stereocenters. The molecule has 0 N–H and O–H groups in total. The zero-order chi connectivity index (χ0) is 19.7. The van der Waals surface area contributed by atoms with Crippen LogP contribution in [0.3, 0.4) is 0 Å². The summed E-state index contributed by atoms with van der Waals surface area (Å²) in [4.78, 5) is 28.3. The summed E-state index contributed by atoms with van der Waals surface area (Å²) in [5.74, 6) is 0.207. The van der Waals surface area contributed by atoms with Crippen LogP contribution in [0, 0.1) is 0 Å². The van der Waals surface area contributed by atoms with Crippen LogP contribution in [0.2, 0.25) is 0 Å². The van der Waals surface area contributed by atoms with Crippen molar-refractivity contribution in [1.29, 1.82) is 0 Å². The van der Waals surface area contributed by atoms with Crippen LogP contribution in [0.25, 0.3) is 10.8 Å². The minimum Gasteiger partial charge on any atom is -0.438 e. The summed E-state index contributed by atoms with van der Waals surface area (Å²) in [6, 6.07) is 13.5. The van der Waals surface area contributed by atoms with Gasteiger partial charge in [-0.25, -0.2) is 4.79 Å². The molecule has 3 rings (SSSR count). The average Bonchev–Trinajstić information content (AvgIpc) is 2.84. The van der Waals surface area contributed by atoms with Gasteiger partial charge in [-0.1, -0.05) is 42.5 Å². The van der Waals surface area contributed by atoms with Crippen LogP contribution in [-0.4, -0.2) is 40.0 Å². The lowest BCUT2D eigenvalue weighted by atomic mass is 9.88. The Morgan fingerprint density at radius 3 is 2.63 bits per heavy atom. The molecular weight excluding hydrogens is 358 g/mol. The van der Waals surface area contributed by atoms with Crippen molar-refractivity contribution >= 4 is 34.4 Å². The highest BCUT2D eigenvalue weighted by Gasteiger charge is 2.60. The molecule has 1 saturated heterocycles. The number of amides is 1. The topological polar surface area (TPSA) is 46.6 Å². The number of hydrogen-bond donors (Lipinski definition) is 0. The lowest BCUT2D eigenvalue weighted by Gasteiger charge is -2.39. The first-order chi connectivity index (χ1) is 12.9. The number of rotatable bonds is 6. The van der Waals surface area contributed by atoms with Gasteiger partial charge in [-0.15, -0.1) is 6.58 Å². The Kier molecular flexibility index (Phi) is 5.33. The second kappa shape index (κ2) is 7.39. The molecule has 0 aromatic heterocycles. The number of carbonyl (C=O) groups excluding carboxylic acids is 2. The molecule has 1 aliphatic heterocycles. The molecule has 0 aliphatic carbocycles. The van der Waals surface area contributed by atoms with E-state index < -0.39 is 11.3 Å². The van der Waals surface area contributed by atoms with Crippen LogP contribution in [-0.2, 0) is 9.53 Å². The van der Waals surface area contributed by atoms with Crippen molar-refractivity contribution in [3.63, 3.8) is 0 Å². The van der Waals surface area contributed by atoms with Crippen LogP contribution >= 0.6 is 11.8 Å². The van der Waals surface area contributed by atoms with Gasteiger partial charge in [-0.2, -0.15) is 11.8 Å². The molecule has 27 heavy (non-hydrogen) atoms. The number of ether oxygens (including phenoxy) is 1. The molecule has 0 radical (unpaired) electrons. The number of hydrogen-bond acceptors (Lipinski definition) is 4. The maximum absolute atomic E-state index is 13.7. The number of carbonyl (C=O) groups is 2. The van der Waals surface area contributed by atoms with Gasteiger partial charge in [0.25, 0.3) is 5.91 Å². The van der Waals surface area contributed by atoms with Gasteiger partial charge in [0, 0.05) is 5.56 Å². The summed E-state index contributed by atoms with van der Waals surface area (Å²) in [6.45, 7) is 7.37. The molecule has 4 nitrogen and oxygen atoms in total. The summed E-state index contributed by atoms with van der Waals surface area (Å²) in [5, 5.41) is 1.86. The van der Waals surface area contributed by atoms with Gasteiger partial charge in [0.15, 0.2) is 5.72 Å². The minimum atomic E-state index is -1.03. The SMILES string of the molecule is C=CC[C@]1(CCSC)C(=O)OC(C)(C)N1C(=O)c1cccc2ccccc12. The monoisotopic (exact) mass is 383 g/mol.